The second-order valence-electron chi connectivity index (χ2n) is 9.50. The van der Waals surface area contributed by atoms with Crippen LogP contribution in [-0.2, 0) is 9.53 Å². The number of benzene rings is 3. The van der Waals surface area contributed by atoms with Gasteiger partial charge in [-0.05, 0) is 78.9 Å². The monoisotopic (exact) mass is 516 g/mol. The van der Waals surface area contributed by atoms with Crippen molar-refractivity contribution >= 4 is 11.9 Å². The fourth-order valence-electron chi connectivity index (χ4n) is 4.30. The Morgan fingerprint density at radius 2 is 1.32 bits per heavy atom. The van der Waals surface area contributed by atoms with Gasteiger partial charge in [0.05, 0.1) is 12.2 Å². The molecule has 0 N–H and O–H groups in total. The Hall–Kier alpha value is -3.64. The van der Waals surface area contributed by atoms with Crippen LogP contribution in [0.25, 0.3) is 11.1 Å². The Balaban J connectivity index is 1.23. The van der Waals surface area contributed by atoms with Crippen molar-refractivity contribution in [2.75, 3.05) is 13.2 Å². The zero-order valence-corrected chi connectivity index (χ0v) is 22.0. The molecule has 0 aromatic heterocycles. The van der Waals surface area contributed by atoms with E-state index in [2.05, 4.69) is 6.92 Å². The van der Waals surface area contributed by atoms with E-state index in [0.717, 1.165) is 29.7 Å². The molecule has 1 fully saturated rings. The van der Waals surface area contributed by atoms with Crippen LogP contribution in [0.1, 0.15) is 68.6 Å². The van der Waals surface area contributed by atoms with Gasteiger partial charge in [-0.1, -0.05) is 63.3 Å². The number of rotatable bonds is 13. The molecular weight excluding hydrogens is 480 g/mol. The normalized spacial score (nSPS) is 14.7. The third-order valence-corrected chi connectivity index (χ3v) is 6.52. The van der Waals surface area contributed by atoms with Crippen LogP contribution in [0.4, 0.5) is 0 Å². The summed E-state index contributed by atoms with van der Waals surface area (Å²) in [4.78, 5) is 24.7. The second kappa shape index (κ2) is 14.3. The maximum Gasteiger partial charge on any atom is 0.343 e. The van der Waals surface area contributed by atoms with E-state index in [1.807, 2.05) is 24.3 Å². The van der Waals surface area contributed by atoms with Crippen LogP contribution in [0.5, 0.6) is 17.2 Å². The Morgan fingerprint density at radius 3 is 1.92 bits per heavy atom. The number of carbonyl (C=O) groups excluding carboxylic acids is 2. The lowest BCUT2D eigenvalue weighted by atomic mass is 10.1. The highest BCUT2D eigenvalue weighted by Crippen LogP contribution is 2.26. The minimum atomic E-state index is -0.467. The molecule has 4 rings (SSSR count). The standard InChI is InChI=1S/C32H36O6/c1-2-3-4-5-6-7-22-35-27-16-14-26(15-17-27)31(33)37-28-18-10-24(11-19-28)25-12-20-29(21-13-25)38-32(34)30-9-8-23-36-30/h10-21,30H,2-9,22-23H2,1H3. The highest BCUT2D eigenvalue weighted by molar-refractivity contribution is 5.91. The molecular formula is C32H36O6. The number of hydrogen-bond acceptors (Lipinski definition) is 6. The summed E-state index contributed by atoms with van der Waals surface area (Å²) >= 11 is 0. The van der Waals surface area contributed by atoms with Crippen molar-refractivity contribution in [3.05, 3.63) is 78.4 Å². The predicted octanol–water partition coefficient (Wildman–Crippen LogP) is 7.40. The molecule has 1 aliphatic rings. The Bertz CT molecular complexity index is 1150. The van der Waals surface area contributed by atoms with Crippen LogP contribution in [0.15, 0.2) is 72.8 Å². The molecule has 1 heterocycles. The summed E-state index contributed by atoms with van der Waals surface area (Å²) in [5.41, 5.74) is 2.37. The zero-order chi connectivity index (χ0) is 26.6. The van der Waals surface area contributed by atoms with Crippen molar-refractivity contribution in [3.8, 4) is 28.4 Å². The van der Waals surface area contributed by atoms with Crippen LogP contribution < -0.4 is 14.2 Å². The summed E-state index contributed by atoms with van der Waals surface area (Å²) in [6, 6.07) is 21.6. The maximum atomic E-state index is 12.6. The van der Waals surface area contributed by atoms with E-state index < -0.39 is 12.1 Å². The molecule has 6 heteroatoms. The van der Waals surface area contributed by atoms with Crippen LogP contribution in [-0.4, -0.2) is 31.3 Å². The van der Waals surface area contributed by atoms with Gasteiger partial charge in [-0.3, -0.25) is 0 Å². The molecule has 0 aliphatic carbocycles. The highest BCUT2D eigenvalue weighted by atomic mass is 16.6. The van der Waals surface area contributed by atoms with Gasteiger partial charge in [0.1, 0.15) is 17.2 Å². The molecule has 3 aromatic rings. The number of unbranched alkanes of at least 4 members (excludes halogenated alkanes) is 5. The zero-order valence-electron chi connectivity index (χ0n) is 22.0. The minimum Gasteiger partial charge on any atom is -0.494 e. The molecule has 0 amide bonds. The molecule has 0 saturated carbocycles. The van der Waals surface area contributed by atoms with E-state index in [4.69, 9.17) is 18.9 Å². The number of esters is 2. The van der Waals surface area contributed by atoms with Crippen LogP contribution in [0.3, 0.4) is 0 Å². The van der Waals surface area contributed by atoms with Crippen molar-refractivity contribution in [1.29, 1.82) is 0 Å². The van der Waals surface area contributed by atoms with E-state index in [1.165, 1.54) is 32.1 Å². The number of hydrogen-bond donors (Lipinski definition) is 0. The SMILES string of the molecule is CCCCCCCCOc1ccc(C(=O)Oc2ccc(-c3ccc(OC(=O)C4CCCO4)cc3)cc2)cc1. The van der Waals surface area contributed by atoms with Gasteiger partial charge in [0, 0.05) is 6.61 Å². The van der Waals surface area contributed by atoms with Gasteiger partial charge in [0.25, 0.3) is 0 Å². The smallest absolute Gasteiger partial charge is 0.343 e. The van der Waals surface area contributed by atoms with Gasteiger partial charge in [0.15, 0.2) is 6.10 Å². The van der Waals surface area contributed by atoms with E-state index in [-0.39, 0.29) is 5.97 Å². The van der Waals surface area contributed by atoms with Crippen LogP contribution in [0, 0.1) is 0 Å². The Morgan fingerprint density at radius 1 is 0.737 bits per heavy atom. The van der Waals surface area contributed by atoms with Crippen molar-refractivity contribution in [3.63, 3.8) is 0 Å². The van der Waals surface area contributed by atoms with E-state index in [1.54, 1.807) is 48.5 Å². The predicted molar refractivity (Wildman–Crippen MR) is 147 cm³/mol. The topological polar surface area (TPSA) is 71.1 Å². The lowest BCUT2D eigenvalue weighted by Crippen LogP contribution is -2.24. The third-order valence-electron chi connectivity index (χ3n) is 6.52. The highest BCUT2D eigenvalue weighted by Gasteiger charge is 2.25. The quantitative estimate of drug-likeness (QED) is 0.134. The van der Waals surface area contributed by atoms with Crippen LogP contribution >= 0.6 is 0 Å². The largest absolute Gasteiger partial charge is 0.494 e. The number of ether oxygens (including phenoxy) is 4. The second-order valence-corrected chi connectivity index (χ2v) is 9.50. The third kappa shape index (κ3) is 8.18. The summed E-state index contributed by atoms with van der Waals surface area (Å²) in [6.45, 7) is 3.51. The minimum absolute atomic E-state index is 0.350. The molecule has 3 aromatic carbocycles. The average molecular weight is 517 g/mol. The lowest BCUT2D eigenvalue weighted by molar-refractivity contribution is -0.144. The molecule has 1 saturated heterocycles. The number of carbonyl (C=O) groups is 2. The van der Waals surface area contributed by atoms with Gasteiger partial charge in [-0.25, -0.2) is 9.59 Å². The van der Waals surface area contributed by atoms with Crippen LogP contribution in [0.2, 0.25) is 0 Å². The molecule has 1 atom stereocenters. The summed E-state index contributed by atoms with van der Waals surface area (Å²) in [5.74, 6) is 0.935. The molecule has 200 valence electrons. The molecule has 38 heavy (non-hydrogen) atoms. The molecule has 6 nitrogen and oxygen atoms in total. The van der Waals surface area contributed by atoms with E-state index >= 15 is 0 Å². The van der Waals surface area contributed by atoms with Crippen molar-refractivity contribution in [2.24, 2.45) is 0 Å². The first-order valence-corrected chi connectivity index (χ1v) is 13.6. The molecule has 0 radical (unpaired) electrons. The summed E-state index contributed by atoms with van der Waals surface area (Å²) in [5, 5.41) is 0. The van der Waals surface area contributed by atoms with E-state index in [0.29, 0.717) is 36.7 Å². The Kier molecular flexibility index (Phi) is 10.3. The van der Waals surface area contributed by atoms with E-state index in [9.17, 15) is 9.59 Å². The fourth-order valence-corrected chi connectivity index (χ4v) is 4.30. The summed E-state index contributed by atoms with van der Waals surface area (Å²) < 4.78 is 22.1. The first-order chi connectivity index (χ1) is 18.6. The lowest BCUT2D eigenvalue weighted by Gasteiger charge is -2.10. The molecule has 1 aliphatic heterocycles. The van der Waals surface area contributed by atoms with Crippen molar-refractivity contribution < 1.29 is 28.5 Å². The summed E-state index contributed by atoms with van der Waals surface area (Å²) in [7, 11) is 0. The van der Waals surface area contributed by atoms with Gasteiger partial charge in [0.2, 0.25) is 0 Å². The maximum absolute atomic E-state index is 12.6. The Labute approximate surface area is 224 Å². The first-order valence-electron chi connectivity index (χ1n) is 13.6. The molecule has 0 bridgehead atoms. The van der Waals surface area contributed by atoms with Crippen molar-refractivity contribution in [1.82, 2.24) is 0 Å². The average Bonchev–Trinajstić information content (AvgIpc) is 3.49. The van der Waals surface area contributed by atoms with Crippen molar-refractivity contribution in [2.45, 2.75) is 64.4 Å². The van der Waals surface area contributed by atoms with Gasteiger partial charge >= 0.3 is 11.9 Å². The summed E-state index contributed by atoms with van der Waals surface area (Å²) in [6.07, 6.45) is 8.43. The van der Waals surface area contributed by atoms with Gasteiger partial charge in [-0.2, -0.15) is 0 Å². The van der Waals surface area contributed by atoms with Gasteiger partial charge in [-0.15, -0.1) is 0 Å². The first kappa shape index (κ1) is 27.4. The molecule has 0 spiro atoms. The van der Waals surface area contributed by atoms with Gasteiger partial charge < -0.3 is 18.9 Å². The fraction of sp³-hybridized carbons (Fsp3) is 0.375. The molecule has 1 unspecified atom stereocenters.